The summed E-state index contributed by atoms with van der Waals surface area (Å²) in [6, 6.07) is 38.0. The van der Waals surface area contributed by atoms with Crippen molar-refractivity contribution in [3.8, 4) is 22.3 Å². The second-order valence-electron chi connectivity index (χ2n) is 8.26. The van der Waals surface area contributed by atoms with Crippen LogP contribution in [-0.4, -0.2) is 16.8 Å². The summed E-state index contributed by atoms with van der Waals surface area (Å²) in [7, 11) is -7.59. The third-order valence-corrected chi connectivity index (χ3v) is 9.56. The molecule has 0 heterocycles. The summed E-state index contributed by atoms with van der Waals surface area (Å²) < 4.78 is 52.5. The Morgan fingerprint density at radius 3 is 0.778 bits per heavy atom. The largest absolute Gasteiger partial charge is 0.219 e. The van der Waals surface area contributed by atoms with Crippen LogP contribution in [0.1, 0.15) is 0 Å². The molecule has 0 N–H and O–H groups in total. The molecule has 0 aliphatic rings. The molecule has 0 aliphatic heterocycles. The van der Waals surface area contributed by atoms with Gasteiger partial charge in [0, 0.05) is 0 Å². The Hall–Kier alpha value is -4.00. The fraction of sp³-hybridized carbons (Fsp3) is 0. The zero-order chi connectivity index (χ0) is 25.2. The molecule has 0 aliphatic carbocycles. The Morgan fingerprint density at radius 1 is 0.278 bits per heavy atom. The second-order valence-corrected chi connectivity index (χ2v) is 12.2. The van der Waals surface area contributed by atoms with Crippen LogP contribution < -0.4 is 0 Å². The molecule has 0 atom stereocenters. The monoisotopic (exact) mass is 510 g/mol. The van der Waals surface area contributed by atoms with E-state index in [1.54, 1.807) is 48.5 Å². The SMILES string of the molecule is O=S(=O)(c1ccc(-c2ccccc2)cc1)c1ccc(S(=O)(=O)c2ccc(-c3ccccc3)cc2)cc1. The number of rotatable bonds is 6. The Kier molecular flexibility index (Phi) is 6.31. The maximum atomic E-state index is 13.1. The lowest BCUT2D eigenvalue weighted by molar-refractivity contribution is 0.592. The molecule has 0 aromatic heterocycles. The van der Waals surface area contributed by atoms with Crippen molar-refractivity contribution in [3.05, 3.63) is 133 Å². The third kappa shape index (κ3) is 4.61. The van der Waals surface area contributed by atoms with Gasteiger partial charge in [-0.15, -0.1) is 0 Å². The predicted octanol–water partition coefficient (Wildman–Crippen LogP) is 6.69. The lowest BCUT2D eigenvalue weighted by Gasteiger charge is -2.09. The van der Waals surface area contributed by atoms with Crippen LogP contribution in [0.2, 0.25) is 0 Å². The number of hydrogen-bond acceptors (Lipinski definition) is 4. The summed E-state index contributed by atoms with van der Waals surface area (Å²) in [4.78, 5) is 0.366. The maximum Gasteiger partial charge on any atom is 0.206 e. The molecule has 0 bridgehead atoms. The predicted molar refractivity (Wildman–Crippen MR) is 141 cm³/mol. The highest BCUT2D eigenvalue weighted by Gasteiger charge is 2.21. The van der Waals surface area contributed by atoms with Crippen LogP contribution in [0.5, 0.6) is 0 Å². The minimum Gasteiger partial charge on any atom is -0.219 e. The molecule has 5 rings (SSSR count). The highest BCUT2D eigenvalue weighted by Crippen LogP contribution is 2.28. The lowest BCUT2D eigenvalue weighted by atomic mass is 10.1. The quantitative estimate of drug-likeness (QED) is 0.255. The summed E-state index contributed by atoms with van der Waals surface area (Å²) >= 11 is 0. The van der Waals surface area contributed by atoms with Crippen molar-refractivity contribution in [1.29, 1.82) is 0 Å². The summed E-state index contributed by atoms with van der Waals surface area (Å²) in [5.74, 6) is 0. The average molecular weight is 511 g/mol. The smallest absolute Gasteiger partial charge is 0.206 e. The molecule has 0 saturated heterocycles. The molecule has 0 amide bonds. The molecule has 0 spiro atoms. The van der Waals surface area contributed by atoms with E-state index in [1.165, 1.54) is 24.3 Å². The van der Waals surface area contributed by atoms with E-state index in [0.29, 0.717) is 0 Å². The zero-order valence-electron chi connectivity index (χ0n) is 19.2. The number of hydrogen-bond donors (Lipinski definition) is 0. The molecule has 0 radical (unpaired) electrons. The minimum atomic E-state index is -3.80. The molecule has 0 fully saturated rings. The van der Waals surface area contributed by atoms with Crippen molar-refractivity contribution in [2.75, 3.05) is 0 Å². The Morgan fingerprint density at radius 2 is 0.500 bits per heavy atom. The summed E-state index contributed by atoms with van der Waals surface area (Å²) in [6.07, 6.45) is 0. The average Bonchev–Trinajstić information content (AvgIpc) is 2.94. The van der Waals surface area contributed by atoms with Gasteiger partial charge in [0.25, 0.3) is 0 Å². The fourth-order valence-corrected chi connectivity index (χ4v) is 6.51. The Balaban J connectivity index is 1.39. The molecule has 178 valence electrons. The molecule has 36 heavy (non-hydrogen) atoms. The van der Waals surface area contributed by atoms with E-state index in [1.807, 2.05) is 60.7 Å². The van der Waals surface area contributed by atoms with Gasteiger partial charge >= 0.3 is 0 Å². The van der Waals surface area contributed by atoms with Gasteiger partial charge in [0.2, 0.25) is 19.7 Å². The first-order chi connectivity index (χ1) is 17.4. The van der Waals surface area contributed by atoms with E-state index in [4.69, 9.17) is 0 Å². The highest BCUT2D eigenvalue weighted by atomic mass is 32.2. The molecule has 4 nitrogen and oxygen atoms in total. The van der Waals surface area contributed by atoms with E-state index in [-0.39, 0.29) is 19.6 Å². The van der Waals surface area contributed by atoms with Crippen LogP contribution >= 0.6 is 0 Å². The van der Waals surface area contributed by atoms with Crippen molar-refractivity contribution in [3.63, 3.8) is 0 Å². The highest BCUT2D eigenvalue weighted by molar-refractivity contribution is 7.92. The van der Waals surface area contributed by atoms with E-state index >= 15 is 0 Å². The maximum absolute atomic E-state index is 13.1. The van der Waals surface area contributed by atoms with Crippen LogP contribution in [0.25, 0.3) is 22.3 Å². The lowest BCUT2D eigenvalue weighted by Crippen LogP contribution is -2.05. The summed E-state index contributed by atoms with van der Waals surface area (Å²) in [5, 5.41) is 0. The Bertz CT molecular complexity index is 1560. The molecule has 5 aromatic rings. The van der Waals surface area contributed by atoms with E-state index in [0.717, 1.165) is 22.3 Å². The second kappa shape index (κ2) is 9.57. The van der Waals surface area contributed by atoms with Crippen LogP contribution in [0.3, 0.4) is 0 Å². The first kappa shape index (κ1) is 23.7. The van der Waals surface area contributed by atoms with Crippen molar-refractivity contribution >= 4 is 19.7 Å². The Labute approximate surface area is 211 Å². The number of sulfone groups is 2. The van der Waals surface area contributed by atoms with Gasteiger partial charge < -0.3 is 0 Å². The summed E-state index contributed by atoms with van der Waals surface area (Å²) in [5.41, 5.74) is 3.81. The van der Waals surface area contributed by atoms with Gasteiger partial charge in [0.05, 0.1) is 19.6 Å². The van der Waals surface area contributed by atoms with Gasteiger partial charge in [-0.25, -0.2) is 16.8 Å². The topological polar surface area (TPSA) is 68.3 Å². The van der Waals surface area contributed by atoms with Gasteiger partial charge in [0.15, 0.2) is 0 Å². The zero-order valence-corrected chi connectivity index (χ0v) is 20.8. The third-order valence-electron chi connectivity index (χ3n) is 5.99. The molecular weight excluding hydrogens is 488 g/mol. The molecule has 6 heteroatoms. The van der Waals surface area contributed by atoms with Crippen molar-refractivity contribution in [2.24, 2.45) is 0 Å². The van der Waals surface area contributed by atoms with E-state index in [2.05, 4.69) is 0 Å². The molecule has 5 aromatic carbocycles. The van der Waals surface area contributed by atoms with Crippen molar-refractivity contribution in [1.82, 2.24) is 0 Å². The minimum absolute atomic E-state index is 0.0355. The van der Waals surface area contributed by atoms with Crippen molar-refractivity contribution < 1.29 is 16.8 Å². The van der Waals surface area contributed by atoms with Gasteiger partial charge in [-0.1, -0.05) is 84.9 Å². The molecular formula is C30H22O4S2. The summed E-state index contributed by atoms with van der Waals surface area (Å²) in [6.45, 7) is 0. The van der Waals surface area contributed by atoms with Gasteiger partial charge in [-0.05, 0) is 70.8 Å². The first-order valence-electron chi connectivity index (χ1n) is 11.3. The first-order valence-corrected chi connectivity index (χ1v) is 14.2. The van der Waals surface area contributed by atoms with E-state index in [9.17, 15) is 16.8 Å². The standard InChI is InChI=1S/C30H22O4S2/c31-35(32,27-15-11-25(12-16-27)23-7-3-1-4-8-23)29-19-21-30(22-20-29)36(33,34)28-17-13-26(14-18-28)24-9-5-2-6-10-24/h1-22H. The molecule has 0 saturated carbocycles. The van der Waals surface area contributed by atoms with Gasteiger partial charge in [0.1, 0.15) is 0 Å². The van der Waals surface area contributed by atoms with Crippen molar-refractivity contribution in [2.45, 2.75) is 19.6 Å². The normalized spacial score (nSPS) is 11.8. The van der Waals surface area contributed by atoms with Gasteiger partial charge in [-0.2, -0.15) is 0 Å². The fourth-order valence-electron chi connectivity index (χ4n) is 3.98. The van der Waals surface area contributed by atoms with E-state index < -0.39 is 19.7 Å². The van der Waals surface area contributed by atoms with Crippen LogP contribution in [0.15, 0.2) is 153 Å². The molecule has 0 unspecified atom stereocenters. The van der Waals surface area contributed by atoms with Crippen LogP contribution in [-0.2, 0) is 19.7 Å². The van der Waals surface area contributed by atoms with Crippen LogP contribution in [0.4, 0.5) is 0 Å². The number of benzene rings is 5. The van der Waals surface area contributed by atoms with Gasteiger partial charge in [-0.3, -0.25) is 0 Å². The van der Waals surface area contributed by atoms with Crippen LogP contribution in [0, 0.1) is 0 Å².